The molecule has 1 rings (SSSR count). The Morgan fingerprint density at radius 1 is 0.613 bits per heavy atom. The Bertz CT molecular complexity index is 481. The van der Waals surface area contributed by atoms with Gasteiger partial charge in [-0.05, 0) is 24.8 Å². The molecule has 0 aliphatic heterocycles. The number of hydrogen-bond acceptors (Lipinski definition) is 1. The van der Waals surface area contributed by atoms with Crippen molar-refractivity contribution < 1.29 is 5.48 Å². The Hall–Kier alpha value is -0.860. The van der Waals surface area contributed by atoms with Gasteiger partial charge in [-0.1, -0.05) is 147 Å². The molecule has 0 amide bonds. The fourth-order valence-electron chi connectivity index (χ4n) is 5.32. The minimum Gasteiger partial charge on any atom is -0.412 e. The largest absolute Gasteiger partial charge is 0.412 e. The van der Waals surface area contributed by atoms with E-state index in [1.807, 2.05) is 0 Å². The molecule has 2 heteroatoms. The maximum absolute atomic E-state index is 6.90. The third-order valence-electron chi connectivity index (χ3n) is 7.07. The number of unbranched alkanes of at least 4 members (excludes halogenated alkanes) is 12. The highest BCUT2D eigenvalue weighted by Crippen LogP contribution is 2.38. The van der Waals surface area contributed by atoms with Crippen molar-refractivity contribution in [1.29, 1.82) is 0 Å². The van der Waals surface area contributed by atoms with Crippen LogP contribution in [0.15, 0.2) is 30.3 Å². The molecule has 2 nitrogen and oxygen atoms in total. The SMILES string of the molecule is CCCCCCCCCCCCCCCC(N)C(CCC)(CCC)c1ccccc1.O. The van der Waals surface area contributed by atoms with E-state index in [9.17, 15) is 0 Å². The predicted molar refractivity (Wildman–Crippen MR) is 140 cm³/mol. The molecule has 31 heavy (non-hydrogen) atoms. The molecule has 0 aliphatic rings. The maximum Gasteiger partial charge on any atom is 0.0136 e. The first-order valence-corrected chi connectivity index (χ1v) is 13.5. The lowest BCUT2D eigenvalue weighted by atomic mass is 9.67. The van der Waals surface area contributed by atoms with Crippen LogP contribution in [0.4, 0.5) is 0 Å². The zero-order valence-corrected chi connectivity index (χ0v) is 21.3. The summed E-state index contributed by atoms with van der Waals surface area (Å²) in [7, 11) is 0. The lowest BCUT2D eigenvalue weighted by Crippen LogP contribution is -2.45. The van der Waals surface area contributed by atoms with Crippen LogP contribution in [-0.4, -0.2) is 11.5 Å². The molecule has 0 spiro atoms. The zero-order valence-electron chi connectivity index (χ0n) is 21.3. The van der Waals surface area contributed by atoms with Gasteiger partial charge in [0.1, 0.15) is 0 Å². The average molecular weight is 434 g/mol. The normalized spacial score (nSPS) is 12.5. The predicted octanol–water partition coefficient (Wildman–Crippen LogP) is 8.51. The van der Waals surface area contributed by atoms with Crippen LogP contribution >= 0.6 is 0 Å². The van der Waals surface area contributed by atoms with E-state index in [4.69, 9.17) is 5.73 Å². The van der Waals surface area contributed by atoms with Crippen LogP contribution in [0.3, 0.4) is 0 Å². The Morgan fingerprint density at radius 3 is 1.45 bits per heavy atom. The second kappa shape index (κ2) is 19.8. The summed E-state index contributed by atoms with van der Waals surface area (Å²) in [6.07, 6.45) is 24.4. The summed E-state index contributed by atoms with van der Waals surface area (Å²) in [6, 6.07) is 11.4. The molecule has 1 atom stereocenters. The first-order valence-electron chi connectivity index (χ1n) is 13.5. The van der Waals surface area contributed by atoms with Gasteiger partial charge in [-0.3, -0.25) is 0 Å². The van der Waals surface area contributed by atoms with Crippen molar-refractivity contribution >= 4 is 0 Å². The van der Waals surface area contributed by atoms with Gasteiger partial charge in [0.05, 0.1) is 0 Å². The number of hydrogen-bond donors (Lipinski definition) is 1. The molecule has 1 aromatic carbocycles. The summed E-state index contributed by atoms with van der Waals surface area (Å²) in [5, 5.41) is 0. The molecular formula is C29H55NO. The summed E-state index contributed by atoms with van der Waals surface area (Å²) < 4.78 is 0. The number of nitrogens with two attached hydrogens (primary N) is 1. The van der Waals surface area contributed by atoms with Gasteiger partial charge in [0.2, 0.25) is 0 Å². The van der Waals surface area contributed by atoms with Crippen LogP contribution in [0.5, 0.6) is 0 Å². The van der Waals surface area contributed by atoms with Crippen LogP contribution in [0.1, 0.15) is 142 Å². The lowest BCUT2D eigenvalue weighted by molar-refractivity contribution is 0.272. The molecule has 0 heterocycles. The first-order chi connectivity index (χ1) is 14.7. The van der Waals surface area contributed by atoms with Gasteiger partial charge in [-0.2, -0.15) is 0 Å². The van der Waals surface area contributed by atoms with Crippen molar-refractivity contribution in [1.82, 2.24) is 0 Å². The Morgan fingerprint density at radius 2 is 1.03 bits per heavy atom. The molecule has 0 radical (unpaired) electrons. The van der Waals surface area contributed by atoms with Crippen LogP contribution in [0.2, 0.25) is 0 Å². The van der Waals surface area contributed by atoms with Crippen LogP contribution in [0.25, 0.3) is 0 Å². The molecule has 182 valence electrons. The Kier molecular flexibility index (Phi) is 19.2. The summed E-state index contributed by atoms with van der Waals surface area (Å²) >= 11 is 0. The van der Waals surface area contributed by atoms with Crippen LogP contribution in [0, 0.1) is 0 Å². The van der Waals surface area contributed by atoms with E-state index in [0.29, 0.717) is 0 Å². The molecule has 0 saturated heterocycles. The molecule has 1 aromatic rings. The van der Waals surface area contributed by atoms with Crippen LogP contribution < -0.4 is 5.73 Å². The Balaban J connectivity index is 0.00000900. The molecule has 0 aromatic heterocycles. The van der Waals surface area contributed by atoms with Gasteiger partial charge in [0.25, 0.3) is 0 Å². The summed E-state index contributed by atoms with van der Waals surface area (Å²) in [5.41, 5.74) is 8.53. The van der Waals surface area contributed by atoms with Crippen molar-refractivity contribution in [3.8, 4) is 0 Å². The number of rotatable bonds is 20. The van der Waals surface area contributed by atoms with Crippen molar-refractivity contribution in [2.75, 3.05) is 0 Å². The quantitative estimate of drug-likeness (QED) is 0.206. The molecule has 0 fully saturated rings. The first kappa shape index (κ1) is 30.1. The van der Waals surface area contributed by atoms with Gasteiger partial charge in [0, 0.05) is 11.5 Å². The Labute approximate surface area is 195 Å². The second-order valence-electron chi connectivity index (χ2n) is 9.66. The van der Waals surface area contributed by atoms with E-state index >= 15 is 0 Å². The summed E-state index contributed by atoms with van der Waals surface area (Å²) in [5.74, 6) is 0. The third-order valence-corrected chi connectivity index (χ3v) is 7.07. The third kappa shape index (κ3) is 12.1. The van der Waals surface area contributed by atoms with E-state index in [1.54, 1.807) is 0 Å². The standard InChI is InChI=1S/C29H53N.H2O/c1-4-7-8-9-10-11-12-13-14-15-16-17-21-24-28(30)29(25-5-2,26-6-3)27-22-19-18-20-23-27;/h18-20,22-23,28H,4-17,21,24-26,30H2,1-3H3;1H2. The van der Waals surface area contributed by atoms with E-state index in [1.165, 1.54) is 121 Å². The van der Waals surface area contributed by atoms with Gasteiger partial charge < -0.3 is 11.2 Å². The van der Waals surface area contributed by atoms with Crippen LogP contribution in [-0.2, 0) is 5.41 Å². The van der Waals surface area contributed by atoms with Crippen molar-refractivity contribution in [2.45, 2.75) is 148 Å². The van der Waals surface area contributed by atoms with Crippen molar-refractivity contribution in [3.05, 3.63) is 35.9 Å². The molecule has 0 saturated carbocycles. The van der Waals surface area contributed by atoms with Crippen molar-refractivity contribution in [3.63, 3.8) is 0 Å². The fourth-order valence-corrected chi connectivity index (χ4v) is 5.32. The smallest absolute Gasteiger partial charge is 0.0136 e. The molecule has 0 bridgehead atoms. The maximum atomic E-state index is 6.90. The van der Waals surface area contributed by atoms with E-state index in [0.717, 1.165) is 0 Å². The van der Waals surface area contributed by atoms with E-state index < -0.39 is 0 Å². The van der Waals surface area contributed by atoms with E-state index in [2.05, 4.69) is 51.1 Å². The van der Waals surface area contributed by atoms with Gasteiger partial charge in [-0.15, -0.1) is 0 Å². The fraction of sp³-hybridized carbons (Fsp3) is 0.793. The monoisotopic (exact) mass is 433 g/mol. The molecule has 4 N–H and O–H groups in total. The highest BCUT2D eigenvalue weighted by Gasteiger charge is 2.36. The minimum absolute atomic E-state index is 0. The highest BCUT2D eigenvalue weighted by atomic mass is 16.0. The molecule has 1 unspecified atom stereocenters. The highest BCUT2D eigenvalue weighted by molar-refractivity contribution is 5.27. The average Bonchev–Trinajstić information content (AvgIpc) is 2.77. The topological polar surface area (TPSA) is 57.5 Å². The summed E-state index contributed by atoms with van der Waals surface area (Å²) in [4.78, 5) is 0. The molecular weight excluding hydrogens is 378 g/mol. The molecule has 0 aliphatic carbocycles. The van der Waals surface area contributed by atoms with E-state index in [-0.39, 0.29) is 16.9 Å². The van der Waals surface area contributed by atoms with Crippen molar-refractivity contribution in [2.24, 2.45) is 5.73 Å². The summed E-state index contributed by atoms with van der Waals surface area (Å²) in [6.45, 7) is 6.92. The van der Waals surface area contributed by atoms with Gasteiger partial charge >= 0.3 is 0 Å². The minimum atomic E-state index is 0. The second-order valence-corrected chi connectivity index (χ2v) is 9.66. The van der Waals surface area contributed by atoms with Gasteiger partial charge in [-0.25, -0.2) is 0 Å². The number of benzene rings is 1. The zero-order chi connectivity index (χ0) is 21.9. The van der Waals surface area contributed by atoms with Gasteiger partial charge in [0.15, 0.2) is 0 Å². The lowest BCUT2D eigenvalue weighted by Gasteiger charge is -2.40.